The third-order valence-corrected chi connectivity index (χ3v) is 3.93. The first-order chi connectivity index (χ1) is 12.1. The molecular weight excluding hydrogens is 321 g/mol. The van der Waals surface area contributed by atoms with E-state index in [4.69, 9.17) is 0 Å². The minimum atomic E-state index is -1.08. The lowest BCUT2D eigenvalue weighted by molar-refractivity contribution is 0.0699. The number of para-hydroxylation sites is 1. The third kappa shape index (κ3) is 2.53. The lowest BCUT2D eigenvalue weighted by Crippen LogP contribution is -2.10. The zero-order chi connectivity index (χ0) is 17.4. The van der Waals surface area contributed by atoms with Crippen molar-refractivity contribution in [1.82, 2.24) is 14.8 Å². The lowest BCUT2D eigenvalue weighted by Gasteiger charge is -2.15. The summed E-state index contributed by atoms with van der Waals surface area (Å²) < 4.78 is 14.8. The van der Waals surface area contributed by atoms with Gasteiger partial charge in [0.05, 0.1) is 16.8 Å². The summed E-state index contributed by atoms with van der Waals surface area (Å²) in [5.41, 5.74) is 2.05. The van der Waals surface area contributed by atoms with E-state index >= 15 is 0 Å². The first-order valence-corrected chi connectivity index (χ1v) is 7.57. The smallest absolute Gasteiger partial charge is 0.338 e. The topological polar surface area (TPSA) is 68.0 Å². The molecule has 0 unspecified atom stereocenters. The van der Waals surface area contributed by atoms with Gasteiger partial charge in [0.2, 0.25) is 0 Å². The number of rotatable bonds is 3. The Morgan fingerprint density at radius 1 is 1.04 bits per heavy atom. The highest BCUT2D eigenvalue weighted by Gasteiger charge is 2.22. The van der Waals surface area contributed by atoms with E-state index in [0.717, 1.165) is 0 Å². The number of aromatic carboxylic acids is 1. The van der Waals surface area contributed by atoms with Crippen LogP contribution in [0.2, 0.25) is 0 Å². The fraction of sp³-hybridized carbons (Fsp3) is 0. The van der Waals surface area contributed by atoms with Crippen LogP contribution in [0, 0.1) is 5.82 Å². The van der Waals surface area contributed by atoms with Crippen LogP contribution in [0.5, 0.6) is 0 Å². The van der Waals surface area contributed by atoms with E-state index in [1.54, 1.807) is 54.9 Å². The predicted octanol–water partition coefficient (Wildman–Crippen LogP) is 3.92. The van der Waals surface area contributed by atoms with Gasteiger partial charge in [0, 0.05) is 23.3 Å². The van der Waals surface area contributed by atoms with E-state index in [0.29, 0.717) is 27.8 Å². The zero-order valence-corrected chi connectivity index (χ0v) is 12.9. The zero-order valence-electron chi connectivity index (χ0n) is 12.9. The number of hydrogen-bond acceptors (Lipinski definition) is 3. The van der Waals surface area contributed by atoms with Crippen molar-refractivity contribution < 1.29 is 14.3 Å². The van der Waals surface area contributed by atoms with Gasteiger partial charge in [-0.3, -0.25) is 0 Å². The maximum absolute atomic E-state index is 13.3. The van der Waals surface area contributed by atoms with Gasteiger partial charge in [0.25, 0.3) is 0 Å². The molecule has 2 aromatic heterocycles. The van der Waals surface area contributed by atoms with Gasteiger partial charge >= 0.3 is 5.97 Å². The van der Waals surface area contributed by atoms with Gasteiger partial charge < -0.3 is 5.11 Å². The van der Waals surface area contributed by atoms with Crippen LogP contribution in [0.25, 0.3) is 27.8 Å². The van der Waals surface area contributed by atoms with Crippen LogP contribution >= 0.6 is 0 Å². The van der Waals surface area contributed by atoms with Crippen molar-refractivity contribution >= 4 is 16.9 Å². The number of benzene rings is 2. The molecule has 0 spiro atoms. The molecule has 2 aromatic carbocycles. The van der Waals surface area contributed by atoms with E-state index in [1.807, 2.05) is 0 Å². The molecule has 0 aliphatic heterocycles. The fourth-order valence-electron chi connectivity index (χ4n) is 2.85. The highest BCUT2D eigenvalue weighted by molar-refractivity contribution is 6.08. The molecule has 0 aliphatic carbocycles. The number of hydrogen-bond donors (Lipinski definition) is 1. The minimum absolute atomic E-state index is 0.105. The number of carboxylic acids is 1. The quantitative estimate of drug-likeness (QED) is 0.617. The predicted molar refractivity (Wildman–Crippen MR) is 91.2 cm³/mol. The number of nitrogens with zero attached hydrogens (tertiary/aromatic N) is 3. The molecule has 0 saturated heterocycles. The first kappa shape index (κ1) is 15.0. The molecule has 1 N–H and O–H groups in total. The van der Waals surface area contributed by atoms with Gasteiger partial charge in [0.1, 0.15) is 11.5 Å². The van der Waals surface area contributed by atoms with E-state index < -0.39 is 5.97 Å². The van der Waals surface area contributed by atoms with Crippen LogP contribution in [-0.4, -0.2) is 25.8 Å². The van der Waals surface area contributed by atoms with Gasteiger partial charge in [-0.15, -0.1) is 0 Å². The SMILES string of the molecule is O=C(O)c1c(-n2cccn2)c(-c2ccc(F)cc2)nc2ccccc12. The van der Waals surface area contributed by atoms with Gasteiger partial charge in [-0.05, 0) is 36.4 Å². The molecule has 2 heterocycles. The fourth-order valence-corrected chi connectivity index (χ4v) is 2.85. The minimum Gasteiger partial charge on any atom is -0.478 e. The highest BCUT2D eigenvalue weighted by atomic mass is 19.1. The Labute approximate surface area is 142 Å². The van der Waals surface area contributed by atoms with Gasteiger partial charge in [-0.25, -0.2) is 18.9 Å². The molecule has 4 rings (SSSR count). The average Bonchev–Trinajstić information content (AvgIpc) is 3.15. The van der Waals surface area contributed by atoms with Crippen molar-refractivity contribution in [1.29, 1.82) is 0 Å². The van der Waals surface area contributed by atoms with Gasteiger partial charge in [-0.2, -0.15) is 5.10 Å². The Morgan fingerprint density at radius 3 is 2.48 bits per heavy atom. The second-order valence-electron chi connectivity index (χ2n) is 5.46. The van der Waals surface area contributed by atoms with E-state index in [2.05, 4.69) is 10.1 Å². The Balaban J connectivity index is 2.15. The van der Waals surface area contributed by atoms with Crippen molar-refractivity contribution in [2.45, 2.75) is 0 Å². The average molecular weight is 333 g/mol. The van der Waals surface area contributed by atoms with E-state index in [1.165, 1.54) is 16.8 Å². The molecule has 0 saturated carbocycles. The number of aromatic nitrogens is 3. The monoisotopic (exact) mass is 333 g/mol. The van der Waals surface area contributed by atoms with Crippen LogP contribution in [-0.2, 0) is 0 Å². The Bertz CT molecular complexity index is 1070. The normalized spacial score (nSPS) is 10.9. The van der Waals surface area contributed by atoms with Crippen LogP contribution < -0.4 is 0 Å². The Morgan fingerprint density at radius 2 is 1.80 bits per heavy atom. The molecule has 122 valence electrons. The lowest BCUT2D eigenvalue weighted by atomic mass is 10.0. The second-order valence-corrected chi connectivity index (χ2v) is 5.46. The third-order valence-electron chi connectivity index (χ3n) is 3.93. The maximum Gasteiger partial charge on any atom is 0.338 e. The van der Waals surface area contributed by atoms with Crippen LogP contribution in [0.15, 0.2) is 67.0 Å². The second kappa shape index (κ2) is 5.83. The largest absolute Gasteiger partial charge is 0.478 e. The number of carbonyl (C=O) groups is 1. The highest BCUT2D eigenvalue weighted by Crippen LogP contribution is 2.32. The van der Waals surface area contributed by atoms with Gasteiger partial charge in [-0.1, -0.05) is 18.2 Å². The molecule has 0 radical (unpaired) electrons. The summed E-state index contributed by atoms with van der Waals surface area (Å²) in [7, 11) is 0. The van der Waals surface area contributed by atoms with Crippen molar-refractivity contribution in [3.05, 3.63) is 78.4 Å². The van der Waals surface area contributed by atoms with E-state index in [-0.39, 0.29) is 11.4 Å². The summed E-state index contributed by atoms with van der Waals surface area (Å²) in [5, 5.41) is 14.5. The molecule has 0 bridgehead atoms. The molecule has 4 aromatic rings. The van der Waals surface area contributed by atoms with Crippen molar-refractivity contribution in [2.75, 3.05) is 0 Å². The molecule has 5 nitrogen and oxygen atoms in total. The summed E-state index contributed by atoms with van der Waals surface area (Å²) in [6.07, 6.45) is 3.22. The summed E-state index contributed by atoms with van der Waals surface area (Å²) in [4.78, 5) is 16.7. The standard InChI is InChI=1S/C19H12FN3O2/c20-13-8-6-12(7-9-13)17-18(23-11-3-10-21-23)16(19(24)25)14-4-1-2-5-15(14)22-17/h1-11H,(H,24,25). The summed E-state index contributed by atoms with van der Waals surface area (Å²) >= 11 is 0. The Kier molecular flexibility index (Phi) is 3.50. The molecule has 0 aliphatic rings. The van der Waals surface area contributed by atoms with Crippen LogP contribution in [0.1, 0.15) is 10.4 Å². The molecule has 25 heavy (non-hydrogen) atoms. The van der Waals surface area contributed by atoms with Crippen LogP contribution in [0.4, 0.5) is 4.39 Å². The summed E-state index contributed by atoms with van der Waals surface area (Å²) in [6.45, 7) is 0. The van der Waals surface area contributed by atoms with Gasteiger partial charge in [0.15, 0.2) is 0 Å². The molecule has 0 fully saturated rings. The molecule has 6 heteroatoms. The number of halogens is 1. The number of fused-ring (bicyclic) bond motifs is 1. The Hall–Kier alpha value is -3.54. The van der Waals surface area contributed by atoms with Crippen LogP contribution in [0.3, 0.4) is 0 Å². The molecule has 0 amide bonds. The van der Waals surface area contributed by atoms with Crippen molar-refractivity contribution in [2.24, 2.45) is 0 Å². The van der Waals surface area contributed by atoms with Crippen molar-refractivity contribution in [3.63, 3.8) is 0 Å². The summed E-state index contributed by atoms with van der Waals surface area (Å²) in [5.74, 6) is -1.45. The molecule has 0 atom stereocenters. The summed E-state index contributed by atoms with van der Waals surface area (Å²) in [6, 6.07) is 14.5. The molecular formula is C19H12FN3O2. The number of carboxylic acid groups (broad SMARTS) is 1. The van der Waals surface area contributed by atoms with Crippen molar-refractivity contribution in [3.8, 4) is 16.9 Å². The maximum atomic E-state index is 13.3. The first-order valence-electron chi connectivity index (χ1n) is 7.57. The van der Waals surface area contributed by atoms with E-state index in [9.17, 15) is 14.3 Å². The number of pyridine rings is 1.